The zero-order chi connectivity index (χ0) is 15.4. The molecule has 1 aromatic heterocycles. The Balaban J connectivity index is 2.14. The molecule has 0 spiro atoms. The van der Waals surface area contributed by atoms with Crippen LogP contribution >= 0.6 is 15.9 Å². The van der Waals surface area contributed by atoms with Crippen LogP contribution in [0.2, 0.25) is 0 Å². The SMILES string of the molecule is O=C(NC(=O)c1cncc([N+](=O)[O-])c1)c1ccc(Br)cc1. The number of nitrogens with zero attached hydrogens (tertiary/aromatic N) is 2. The van der Waals surface area contributed by atoms with Gasteiger partial charge in [-0.1, -0.05) is 15.9 Å². The van der Waals surface area contributed by atoms with Gasteiger partial charge in [0.1, 0.15) is 6.20 Å². The number of aromatic nitrogens is 1. The van der Waals surface area contributed by atoms with Gasteiger partial charge < -0.3 is 0 Å². The van der Waals surface area contributed by atoms with E-state index in [-0.39, 0.29) is 11.3 Å². The van der Waals surface area contributed by atoms with Gasteiger partial charge in [-0.05, 0) is 24.3 Å². The third-order valence-corrected chi connectivity index (χ3v) is 3.06. The van der Waals surface area contributed by atoms with Crippen LogP contribution in [-0.4, -0.2) is 21.7 Å². The molecule has 0 fully saturated rings. The summed E-state index contributed by atoms with van der Waals surface area (Å²) in [5.74, 6) is -1.35. The van der Waals surface area contributed by atoms with Crippen molar-refractivity contribution in [2.45, 2.75) is 0 Å². The lowest BCUT2D eigenvalue weighted by molar-refractivity contribution is -0.385. The fourth-order valence-electron chi connectivity index (χ4n) is 1.50. The largest absolute Gasteiger partial charge is 0.288 e. The van der Waals surface area contributed by atoms with E-state index in [4.69, 9.17) is 0 Å². The van der Waals surface area contributed by atoms with Crippen molar-refractivity contribution in [2.24, 2.45) is 0 Å². The Morgan fingerprint density at radius 1 is 1.10 bits per heavy atom. The monoisotopic (exact) mass is 349 g/mol. The molecule has 8 heteroatoms. The number of nitrogens with one attached hydrogen (secondary N) is 1. The standard InChI is InChI=1S/C13H8BrN3O4/c14-10-3-1-8(2-4-10)12(18)16-13(19)9-5-11(17(20)21)7-15-6-9/h1-7H,(H,16,18,19). The van der Waals surface area contributed by atoms with E-state index in [1.165, 1.54) is 0 Å². The number of benzene rings is 1. The van der Waals surface area contributed by atoms with Crippen LogP contribution in [0, 0.1) is 10.1 Å². The van der Waals surface area contributed by atoms with Crippen molar-refractivity contribution in [2.75, 3.05) is 0 Å². The van der Waals surface area contributed by atoms with Crippen molar-refractivity contribution in [1.29, 1.82) is 0 Å². The summed E-state index contributed by atoms with van der Waals surface area (Å²) in [5, 5.41) is 12.8. The second-order valence-corrected chi connectivity index (χ2v) is 4.89. The molecule has 1 aromatic carbocycles. The van der Waals surface area contributed by atoms with E-state index < -0.39 is 16.7 Å². The Labute approximate surface area is 127 Å². The van der Waals surface area contributed by atoms with Crippen LogP contribution in [0.5, 0.6) is 0 Å². The van der Waals surface area contributed by atoms with Crippen LogP contribution in [0.15, 0.2) is 47.2 Å². The van der Waals surface area contributed by atoms with Gasteiger partial charge in [0, 0.05) is 22.3 Å². The van der Waals surface area contributed by atoms with Crippen molar-refractivity contribution in [1.82, 2.24) is 10.3 Å². The number of hydrogen-bond acceptors (Lipinski definition) is 5. The van der Waals surface area contributed by atoms with Gasteiger partial charge in [0.15, 0.2) is 0 Å². The van der Waals surface area contributed by atoms with E-state index in [2.05, 4.69) is 26.2 Å². The number of imide groups is 1. The van der Waals surface area contributed by atoms with E-state index in [1.54, 1.807) is 24.3 Å². The second-order valence-electron chi connectivity index (χ2n) is 3.98. The maximum Gasteiger partial charge on any atom is 0.288 e. The Morgan fingerprint density at radius 3 is 2.33 bits per heavy atom. The smallest absolute Gasteiger partial charge is 0.288 e. The molecule has 0 saturated heterocycles. The Bertz CT molecular complexity index is 716. The maximum absolute atomic E-state index is 11.9. The molecule has 0 aliphatic heterocycles. The van der Waals surface area contributed by atoms with Crippen molar-refractivity contribution < 1.29 is 14.5 Å². The molecule has 0 unspecified atom stereocenters. The molecule has 2 rings (SSSR count). The normalized spacial score (nSPS) is 9.95. The summed E-state index contributed by atoms with van der Waals surface area (Å²) in [5.41, 5.74) is -0.0849. The highest BCUT2D eigenvalue weighted by atomic mass is 79.9. The molecule has 0 radical (unpaired) electrons. The molecule has 1 heterocycles. The molecular weight excluding hydrogens is 342 g/mol. The lowest BCUT2D eigenvalue weighted by Crippen LogP contribution is -2.30. The maximum atomic E-state index is 11.9. The first-order valence-electron chi connectivity index (χ1n) is 5.68. The molecule has 7 nitrogen and oxygen atoms in total. The summed E-state index contributed by atoms with van der Waals surface area (Å²) in [6, 6.07) is 7.45. The second kappa shape index (κ2) is 6.23. The number of nitro groups is 1. The lowest BCUT2D eigenvalue weighted by Gasteiger charge is -2.04. The summed E-state index contributed by atoms with van der Waals surface area (Å²) in [6.07, 6.45) is 2.17. The average Bonchev–Trinajstić information content (AvgIpc) is 2.48. The predicted molar refractivity (Wildman–Crippen MR) is 76.8 cm³/mol. The number of halogens is 1. The van der Waals surface area contributed by atoms with Gasteiger partial charge in [-0.15, -0.1) is 0 Å². The quantitative estimate of drug-likeness (QED) is 0.520. The summed E-state index contributed by atoms with van der Waals surface area (Å²) in [4.78, 5) is 37.3. The first-order chi connectivity index (χ1) is 9.97. The number of rotatable bonds is 3. The predicted octanol–water partition coefficient (Wildman–Crippen LogP) is 2.32. The van der Waals surface area contributed by atoms with Crippen molar-refractivity contribution in [3.8, 4) is 0 Å². The molecule has 1 N–H and O–H groups in total. The summed E-state index contributed by atoms with van der Waals surface area (Å²) < 4.78 is 0.799. The number of hydrogen-bond donors (Lipinski definition) is 1. The minimum Gasteiger partial charge on any atom is -0.288 e. The zero-order valence-electron chi connectivity index (χ0n) is 10.4. The van der Waals surface area contributed by atoms with E-state index in [1.807, 2.05) is 0 Å². The first kappa shape index (κ1) is 14.8. The molecule has 0 saturated carbocycles. The molecule has 21 heavy (non-hydrogen) atoms. The molecule has 0 bridgehead atoms. The highest BCUT2D eigenvalue weighted by molar-refractivity contribution is 9.10. The van der Waals surface area contributed by atoms with Gasteiger partial charge in [0.05, 0.1) is 10.5 Å². The third-order valence-electron chi connectivity index (χ3n) is 2.53. The van der Waals surface area contributed by atoms with Gasteiger partial charge in [0.25, 0.3) is 17.5 Å². The average molecular weight is 350 g/mol. The fraction of sp³-hybridized carbons (Fsp3) is 0. The highest BCUT2D eigenvalue weighted by Gasteiger charge is 2.15. The van der Waals surface area contributed by atoms with Gasteiger partial charge in [-0.25, -0.2) is 0 Å². The molecule has 106 valence electrons. The number of amides is 2. The van der Waals surface area contributed by atoms with Crippen LogP contribution in [0.3, 0.4) is 0 Å². The Kier molecular flexibility index (Phi) is 4.39. The van der Waals surface area contributed by atoms with Gasteiger partial charge in [-0.3, -0.25) is 30.0 Å². The fourth-order valence-corrected chi connectivity index (χ4v) is 1.76. The Hall–Kier alpha value is -2.61. The minimum absolute atomic E-state index is 0.0605. The number of carbonyl (C=O) groups is 2. The van der Waals surface area contributed by atoms with Crippen LogP contribution in [-0.2, 0) is 0 Å². The highest BCUT2D eigenvalue weighted by Crippen LogP contribution is 2.12. The molecule has 0 aliphatic carbocycles. The van der Waals surface area contributed by atoms with Gasteiger partial charge in [0.2, 0.25) is 0 Å². The zero-order valence-corrected chi connectivity index (χ0v) is 12.0. The molecule has 2 amide bonds. The third kappa shape index (κ3) is 3.69. The van der Waals surface area contributed by atoms with Crippen LogP contribution in [0.4, 0.5) is 5.69 Å². The van der Waals surface area contributed by atoms with Gasteiger partial charge in [-0.2, -0.15) is 0 Å². The van der Waals surface area contributed by atoms with Crippen LogP contribution in [0.1, 0.15) is 20.7 Å². The summed E-state index contributed by atoms with van der Waals surface area (Å²) in [7, 11) is 0. The first-order valence-corrected chi connectivity index (χ1v) is 6.47. The van der Waals surface area contributed by atoms with E-state index in [0.29, 0.717) is 5.56 Å². The van der Waals surface area contributed by atoms with Crippen molar-refractivity contribution in [3.05, 3.63) is 68.4 Å². The molecule has 2 aromatic rings. The van der Waals surface area contributed by atoms with Crippen molar-refractivity contribution >= 4 is 33.4 Å². The molecule has 0 atom stereocenters. The molecule has 0 aliphatic rings. The van der Waals surface area contributed by atoms with Crippen molar-refractivity contribution in [3.63, 3.8) is 0 Å². The van der Waals surface area contributed by atoms with E-state index in [9.17, 15) is 19.7 Å². The number of carbonyl (C=O) groups excluding carboxylic acids is 2. The van der Waals surface area contributed by atoms with Crippen LogP contribution < -0.4 is 5.32 Å². The van der Waals surface area contributed by atoms with Gasteiger partial charge >= 0.3 is 0 Å². The molecular formula is C13H8BrN3O4. The lowest BCUT2D eigenvalue weighted by atomic mass is 10.2. The topological polar surface area (TPSA) is 102 Å². The van der Waals surface area contributed by atoms with E-state index in [0.717, 1.165) is 22.9 Å². The van der Waals surface area contributed by atoms with E-state index >= 15 is 0 Å². The minimum atomic E-state index is -0.751. The summed E-state index contributed by atoms with van der Waals surface area (Å²) >= 11 is 3.23. The van der Waals surface area contributed by atoms with Crippen LogP contribution in [0.25, 0.3) is 0 Å². The Morgan fingerprint density at radius 2 is 1.71 bits per heavy atom. The summed E-state index contributed by atoms with van der Waals surface area (Å²) in [6.45, 7) is 0. The number of pyridine rings is 1.